The zero-order valence-corrected chi connectivity index (χ0v) is 26.1. The lowest BCUT2D eigenvalue weighted by Crippen LogP contribution is -2.32. The SMILES string of the molecule is COc1cc(/C=C2\SC(=O)N(CCOc3cc(C)ccc3C(C)C)C2=O)c(Br)c(Br)c1OCc1ccccc1. The molecule has 9 heteroatoms. The third-order valence-corrected chi connectivity index (χ3v) is 9.18. The monoisotopic (exact) mass is 673 g/mol. The molecule has 1 heterocycles. The minimum atomic E-state index is -0.353. The molecule has 1 saturated heterocycles. The molecule has 6 nitrogen and oxygen atoms in total. The summed E-state index contributed by atoms with van der Waals surface area (Å²) < 4.78 is 19.0. The van der Waals surface area contributed by atoms with Gasteiger partial charge in [0.25, 0.3) is 11.1 Å². The van der Waals surface area contributed by atoms with Crippen molar-refractivity contribution in [1.82, 2.24) is 4.90 Å². The minimum absolute atomic E-state index is 0.161. The van der Waals surface area contributed by atoms with E-state index >= 15 is 0 Å². The Hall–Kier alpha value is -2.75. The number of carbonyl (C=O) groups excluding carboxylic acids is 2. The van der Waals surface area contributed by atoms with Gasteiger partial charge in [-0.1, -0.05) is 56.3 Å². The fraction of sp³-hybridized carbons (Fsp3) is 0.267. The highest BCUT2D eigenvalue weighted by Gasteiger charge is 2.35. The summed E-state index contributed by atoms with van der Waals surface area (Å²) in [6.45, 7) is 6.95. The van der Waals surface area contributed by atoms with E-state index in [1.54, 1.807) is 19.3 Å². The van der Waals surface area contributed by atoms with Crippen LogP contribution in [0.5, 0.6) is 17.2 Å². The summed E-state index contributed by atoms with van der Waals surface area (Å²) in [5.41, 5.74) is 3.88. The Kier molecular flexibility index (Phi) is 9.80. The van der Waals surface area contributed by atoms with Crippen LogP contribution < -0.4 is 14.2 Å². The van der Waals surface area contributed by atoms with Crippen LogP contribution in [0.25, 0.3) is 6.08 Å². The summed E-state index contributed by atoms with van der Waals surface area (Å²) in [5.74, 6) is 1.76. The molecule has 0 atom stereocenters. The smallest absolute Gasteiger partial charge is 0.293 e. The maximum atomic E-state index is 13.1. The third-order valence-electron chi connectivity index (χ3n) is 6.13. The number of thioether (sulfide) groups is 1. The number of carbonyl (C=O) groups is 2. The zero-order chi connectivity index (χ0) is 28.1. The highest BCUT2D eigenvalue weighted by atomic mass is 79.9. The molecule has 39 heavy (non-hydrogen) atoms. The minimum Gasteiger partial charge on any atom is -0.493 e. The van der Waals surface area contributed by atoms with Gasteiger partial charge in [0, 0.05) is 4.47 Å². The largest absolute Gasteiger partial charge is 0.493 e. The fourth-order valence-corrected chi connectivity index (χ4v) is 5.85. The molecule has 3 aromatic rings. The van der Waals surface area contributed by atoms with Crippen molar-refractivity contribution in [3.05, 3.63) is 90.7 Å². The van der Waals surface area contributed by atoms with Crippen LogP contribution in [0.1, 0.15) is 42.0 Å². The first-order chi connectivity index (χ1) is 18.7. The molecule has 0 aromatic heterocycles. The summed E-state index contributed by atoms with van der Waals surface area (Å²) in [6, 6.07) is 17.7. The Balaban J connectivity index is 1.48. The molecular weight excluding hydrogens is 646 g/mol. The van der Waals surface area contributed by atoms with E-state index in [-0.39, 0.29) is 24.3 Å². The number of rotatable bonds is 10. The summed E-state index contributed by atoms with van der Waals surface area (Å²) in [6.07, 6.45) is 1.68. The molecule has 4 rings (SSSR count). The molecule has 1 aliphatic heterocycles. The third kappa shape index (κ3) is 6.88. The van der Waals surface area contributed by atoms with Crippen LogP contribution in [0.2, 0.25) is 0 Å². The number of benzene rings is 3. The van der Waals surface area contributed by atoms with Gasteiger partial charge in [-0.05, 0) is 96.9 Å². The first-order valence-corrected chi connectivity index (χ1v) is 14.8. The van der Waals surface area contributed by atoms with Gasteiger partial charge in [0.2, 0.25) is 0 Å². The topological polar surface area (TPSA) is 65.1 Å². The molecule has 0 aliphatic carbocycles. The highest BCUT2D eigenvalue weighted by molar-refractivity contribution is 9.13. The second kappa shape index (κ2) is 13.1. The van der Waals surface area contributed by atoms with Crippen molar-refractivity contribution in [2.75, 3.05) is 20.3 Å². The molecule has 0 unspecified atom stereocenters. The Morgan fingerprint density at radius 1 is 0.974 bits per heavy atom. The second-order valence-electron chi connectivity index (χ2n) is 9.28. The number of hydrogen-bond acceptors (Lipinski definition) is 6. The standard InChI is InChI=1S/C30H29Br2NO5S/c1-18(2)22-11-10-19(3)14-23(22)37-13-12-33-29(34)25(39-30(33)35)16-21-15-24(36-4)28(27(32)26(21)31)38-17-20-8-6-5-7-9-20/h5-11,14-16,18H,12-13,17H2,1-4H3/b25-16-. The molecule has 0 bridgehead atoms. The molecule has 0 radical (unpaired) electrons. The summed E-state index contributed by atoms with van der Waals surface area (Å²) in [7, 11) is 1.56. The van der Waals surface area contributed by atoms with Crippen LogP contribution in [-0.4, -0.2) is 36.3 Å². The molecule has 204 valence electrons. The molecule has 2 amide bonds. The highest BCUT2D eigenvalue weighted by Crippen LogP contribution is 2.45. The number of aryl methyl sites for hydroxylation is 1. The number of ether oxygens (including phenoxy) is 3. The van der Waals surface area contributed by atoms with Gasteiger partial charge in [0.15, 0.2) is 11.5 Å². The fourth-order valence-electron chi connectivity index (χ4n) is 4.05. The summed E-state index contributed by atoms with van der Waals surface area (Å²) in [4.78, 5) is 27.4. The van der Waals surface area contributed by atoms with E-state index in [1.807, 2.05) is 43.3 Å². The van der Waals surface area contributed by atoms with Crippen LogP contribution in [0.15, 0.2) is 68.4 Å². The van der Waals surface area contributed by atoms with Crippen LogP contribution >= 0.6 is 43.6 Å². The number of hydrogen-bond donors (Lipinski definition) is 0. The number of amides is 2. The van der Waals surface area contributed by atoms with E-state index < -0.39 is 0 Å². The number of methoxy groups -OCH3 is 1. The Morgan fingerprint density at radius 2 is 1.72 bits per heavy atom. The van der Waals surface area contributed by atoms with Gasteiger partial charge in [-0.15, -0.1) is 0 Å². The van der Waals surface area contributed by atoms with Crippen molar-refractivity contribution in [2.24, 2.45) is 0 Å². The molecule has 0 saturated carbocycles. The molecule has 1 aliphatic rings. The zero-order valence-electron chi connectivity index (χ0n) is 22.1. The summed E-state index contributed by atoms with van der Waals surface area (Å²) in [5, 5.41) is -0.326. The predicted molar refractivity (Wildman–Crippen MR) is 163 cm³/mol. The van der Waals surface area contributed by atoms with E-state index in [9.17, 15) is 9.59 Å². The van der Waals surface area contributed by atoms with E-state index in [0.717, 1.165) is 34.2 Å². The number of nitrogens with zero attached hydrogens (tertiary/aromatic N) is 1. The van der Waals surface area contributed by atoms with Gasteiger partial charge in [-0.3, -0.25) is 14.5 Å². The normalized spacial score (nSPS) is 14.4. The lowest BCUT2D eigenvalue weighted by atomic mass is 10.0. The van der Waals surface area contributed by atoms with E-state index in [2.05, 4.69) is 57.8 Å². The van der Waals surface area contributed by atoms with E-state index in [4.69, 9.17) is 14.2 Å². The average molecular weight is 675 g/mol. The maximum Gasteiger partial charge on any atom is 0.293 e. The summed E-state index contributed by atoms with van der Waals surface area (Å²) >= 11 is 8.11. The Morgan fingerprint density at radius 3 is 2.41 bits per heavy atom. The first kappa shape index (κ1) is 29.2. The molecule has 0 spiro atoms. The lowest BCUT2D eigenvalue weighted by molar-refractivity contribution is -0.123. The Bertz CT molecular complexity index is 1410. The molecule has 1 fully saturated rings. The van der Waals surface area contributed by atoms with Crippen molar-refractivity contribution < 1.29 is 23.8 Å². The van der Waals surface area contributed by atoms with Gasteiger partial charge in [-0.2, -0.15) is 0 Å². The average Bonchev–Trinajstić information content (AvgIpc) is 3.18. The molecule has 0 N–H and O–H groups in total. The first-order valence-electron chi connectivity index (χ1n) is 12.4. The van der Waals surface area contributed by atoms with E-state index in [1.165, 1.54) is 4.90 Å². The quantitative estimate of drug-likeness (QED) is 0.202. The lowest BCUT2D eigenvalue weighted by Gasteiger charge is -2.17. The predicted octanol–water partition coefficient (Wildman–Crippen LogP) is 8.35. The van der Waals surface area contributed by atoms with Gasteiger partial charge in [0.1, 0.15) is 19.0 Å². The van der Waals surface area contributed by atoms with Crippen molar-refractivity contribution in [3.8, 4) is 17.2 Å². The van der Waals surface area contributed by atoms with Gasteiger partial charge < -0.3 is 14.2 Å². The van der Waals surface area contributed by atoms with Crippen LogP contribution in [0, 0.1) is 6.92 Å². The molecular formula is C30H29Br2NO5S. The van der Waals surface area contributed by atoms with Gasteiger partial charge in [-0.25, -0.2) is 0 Å². The molecule has 3 aromatic carbocycles. The van der Waals surface area contributed by atoms with Crippen molar-refractivity contribution >= 4 is 60.8 Å². The van der Waals surface area contributed by atoms with Gasteiger partial charge >= 0.3 is 0 Å². The number of imide groups is 1. The number of halogens is 2. The van der Waals surface area contributed by atoms with Crippen LogP contribution in [-0.2, 0) is 11.4 Å². The van der Waals surface area contributed by atoms with E-state index in [0.29, 0.717) is 43.4 Å². The van der Waals surface area contributed by atoms with Crippen LogP contribution in [0.3, 0.4) is 0 Å². The van der Waals surface area contributed by atoms with Crippen molar-refractivity contribution in [2.45, 2.75) is 33.3 Å². The van der Waals surface area contributed by atoms with Crippen molar-refractivity contribution in [3.63, 3.8) is 0 Å². The maximum absolute atomic E-state index is 13.1. The van der Waals surface area contributed by atoms with Gasteiger partial charge in [0.05, 0.1) is 23.0 Å². The second-order valence-corrected chi connectivity index (χ2v) is 11.9. The van der Waals surface area contributed by atoms with Crippen LogP contribution in [0.4, 0.5) is 4.79 Å². The van der Waals surface area contributed by atoms with Crippen molar-refractivity contribution in [1.29, 1.82) is 0 Å². The Labute approximate surface area is 250 Å².